The van der Waals surface area contributed by atoms with Gasteiger partial charge in [-0.05, 0) is 27.4 Å². The van der Waals surface area contributed by atoms with E-state index in [9.17, 15) is 0 Å². The Hall–Kier alpha value is -1.09. The van der Waals surface area contributed by atoms with E-state index in [0.29, 0.717) is 10.5 Å². The van der Waals surface area contributed by atoms with Crippen molar-refractivity contribution in [1.29, 1.82) is 0 Å². The van der Waals surface area contributed by atoms with E-state index in [1.807, 2.05) is 12.1 Å². The molecule has 0 bridgehead atoms. The van der Waals surface area contributed by atoms with Gasteiger partial charge in [-0.2, -0.15) is 0 Å². The first-order valence-corrected chi connectivity index (χ1v) is 4.79. The van der Waals surface area contributed by atoms with E-state index < -0.39 is 0 Å². The second kappa shape index (κ2) is 2.95. The molecule has 1 heterocycles. The van der Waals surface area contributed by atoms with Crippen LogP contribution in [0.25, 0.3) is 11.0 Å². The molecule has 0 saturated carbocycles. The Labute approximate surface area is 87.0 Å². The molecule has 0 aliphatic rings. The molecule has 0 aliphatic heterocycles. The number of hydrogen-bond acceptors (Lipinski definition) is 3. The normalized spacial score (nSPS) is 12.3. The van der Waals surface area contributed by atoms with E-state index >= 15 is 0 Å². The third-order valence-corrected chi connectivity index (χ3v) is 2.48. The molecule has 0 spiro atoms. The molecule has 74 valence electrons. The maximum absolute atomic E-state index is 5.96. The van der Waals surface area contributed by atoms with Crippen molar-refractivity contribution in [2.45, 2.75) is 26.2 Å². The lowest BCUT2D eigenvalue weighted by Crippen LogP contribution is -2.11. The van der Waals surface area contributed by atoms with Crippen molar-refractivity contribution in [3.05, 3.63) is 22.7 Å². The summed E-state index contributed by atoms with van der Waals surface area (Å²) in [7, 11) is 0. The predicted octanol–water partition coefficient (Wildman–Crippen LogP) is 3.17. The molecule has 1 aromatic carbocycles. The van der Waals surface area contributed by atoms with Crippen molar-refractivity contribution < 1.29 is 4.63 Å². The van der Waals surface area contributed by atoms with E-state index in [-0.39, 0.29) is 5.41 Å². The molecule has 0 amide bonds. The van der Waals surface area contributed by atoms with Crippen LogP contribution in [0.2, 0.25) is 5.02 Å². The maximum Gasteiger partial charge on any atom is 0.154 e. The molecule has 0 aliphatic carbocycles. The first-order chi connectivity index (χ1) is 6.50. The summed E-state index contributed by atoms with van der Waals surface area (Å²) in [6.07, 6.45) is 0. The summed E-state index contributed by atoms with van der Waals surface area (Å²) < 4.78 is 4.70. The third kappa shape index (κ3) is 1.38. The molecule has 3 nitrogen and oxygen atoms in total. The van der Waals surface area contributed by atoms with Crippen LogP contribution >= 0.6 is 11.6 Å². The minimum atomic E-state index is 0.0153. The van der Waals surface area contributed by atoms with Crippen LogP contribution in [0.1, 0.15) is 26.3 Å². The zero-order valence-corrected chi connectivity index (χ0v) is 9.09. The van der Waals surface area contributed by atoms with Crippen molar-refractivity contribution in [3.8, 4) is 0 Å². The smallest absolute Gasteiger partial charge is 0.154 e. The van der Waals surface area contributed by atoms with E-state index in [2.05, 4.69) is 31.1 Å². The molecule has 0 N–H and O–H groups in total. The average molecular weight is 211 g/mol. The zero-order valence-electron chi connectivity index (χ0n) is 8.34. The fourth-order valence-electron chi connectivity index (χ4n) is 1.44. The number of hydrogen-bond donors (Lipinski definition) is 0. The highest BCUT2D eigenvalue weighted by Gasteiger charge is 2.20. The van der Waals surface area contributed by atoms with Crippen LogP contribution in [0.3, 0.4) is 0 Å². The first kappa shape index (κ1) is 9.46. The Morgan fingerprint density at radius 1 is 1.14 bits per heavy atom. The molecular formula is C10H11ClN2O. The molecular weight excluding hydrogens is 200 g/mol. The number of halogens is 1. The number of fused-ring (bicyclic) bond motifs is 1. The molecule has 4 heteroatoms. The second-order valence-electron chi connectivity index (χ2n) is 4.31. The van der Waals surface area contributed by atoms with Crippen LogP contribution < -0.4 is 0 Å². The summed E-state index contributed by atoms with van der Waals surface area (Å²) in [5.41, 5.74) is 2.50. The van der Waals surface area contributed by atoms with Gasteiger partial charge in [0, 0.05) is 0 Å². The van der Waals surface area contributed by atoms with E-state index in [1.54, 1.807) is 0 Å². The quantitative estimate of drug-likeness (QED) is 0.671. The van der Waals surface area contributed by atoms with Crippen LogP contribution in [0.5, 0.6) is 0 Å². The summed E-state index contributed by atoms with van der Waals surface area (Å²) in [5, 5.41) is 8.23. The Morgan fingerprint density at radius 2 is 1.79 bits per heavy atom. The summed E-state index contributed by atoms with van der Waals surface area (Å²) in [6.45, 7) is 6.35. The minimum Gasteiger partial charge on any atom is -0.243 e. The van der Waals surface area contributed by atoms with Crippen LogP contribution in [-0.2, 0) is 5.41 Å². The Bertz CT molecular complexity index is 470. The fourth-order valence-corrected chi connectivity index (χ4v) is 1.63. The average Bonchev–Trinajstić information content (AvgIpc) is 2.50. The number of aromatic nitrogens is 2. The van der Waals surface area contributed by atoms with Gasteiger partial charge in [-0.3, -0.25) is 0 Å². The fraction of sp³-hybridized carbons (Fsp3) is 0.400. The van der Waals surface area contributed by atoms with E-state index in [0.717, 1.165) is 11.1 Å². The predicted molar refractivity (Wildman–Crippen MR) is 55.5 cm³/mol. The SMILES string of the molecule is CC(C)(C)c1ccc(Cl)c2nonc12. The highest BCUT2D eigenvalue weighted by Crippen LogP contribution is 2.31. The first-order valence-electron chi connectivity index (χ1n) is 4.41. The molecule has 14 heavy (non-hydrogen) atoms. The summed E-state index contributed by atoms with van der Waals surface area (Å²) in [6, 6.07) is 3.80. The lowest BCUT2D eigenvalue weighted by molar-refractivity contribution is 0.315. The lowest BCUT2D eigenvalue weighted by Gasteiger charge is -2.18. The number of rotatable bonds is 0. The Morgan fingerprint density at radius 3 is 2.43 bits per heavy atom. The van der Waals surface area contributed by atoms with Crippen molar-refractivity contribution in [3.63, 3.8) is 0 Å². The highest BCUT2D eigenvalue weighted by molar-refractivity contribution is 6.34. The van der Waals surface area contributed by atoms with Crippen LogP contribution in [0.15, 0.2) is 16.8 Å². The topological polar surface area (TPSA) is 38.9 Å². The summed E-state index contributed by atoms with van der Waals surface area (Å²) >= 11 is 5.96. The van der Waals surface area contributed by atoms with Crippen molar-refractivity contribution in [2.75, 3.05) is 0 Å². The van der Waals surface area contributed by atoms with Gasteiger partial charge in [0.2, 0.25) is 0 Å². The molecule has 0 radical (unpaired) electrons. The Kier molecular flexibility index (Phi) is 2.00. The maximum atomic E-state index is 5.96. The van der Waals surface area contributed by atoms with Gasteiger partial charge < -0.3 is 0 Å². The van der Waals surface area contributed by atoms with E-state index in [1.165, 1.54) is 0 Å². The van der Waals surface area contributed by atoms with Gasteiger partial charge in [0.1, 0.15) is 5.52 Å². The number of nitrogens with zero attached hydrogens (tertiary/aromatic N) is 2. The monoisotopic (exact) mass is 210 g/mol. The summed E-state index contributed by atoms with van der Waals surface area (Å²) in [4.78, 5) is 0. The molecule has 0 unspecified atom stereocenters. The summed E-state index contributed by atoms with van der Waals surface area (Å²) in [5.74, 6) is 0. The zero-order chi connectivity index (χ0) is 10.3. The number of benzene rings is 1. The van der Waals surface area contributed by atoms with Crippen molar-refractivity contribution in [1.82, 2.24) is 10.3 Å². The molecule has 1 aromatic heterocycles. The Balaban J connectivity index is 2.80. The van der Waals surface area contributed by atoms with Crippen molar-refractivity contribution in [2.24, 2.45) is 0 Å². The second-order valence-corrected chi connectivity index (χ2v) is 4.71. The van der Waals surface area contributed by atoms with Gasteiger partial charge >= 0.3 is 0 Å². The standard InChI is InChI=1S/C10H11ClN2O/c1-10(2,3)6-4-5-7(11)9-8(6)12-14-13-9/h4-5H,1-3H3. The van der Waals surface area contributed by atoms with Crippen LogP contribution in [-0.4, -0.2) is 10.3 Å². The van der Waals surface area contributed by atoms with Gasteiger partial charge in [-0.15, -0.1) is 0 Å². The van der Waals surface area contributed by atoms with E-state index in [4.69, 9.17) is 16.2 Å². The third-order valence-electron chi connectivity index (χ3n) is 2.17. The largest absolute Gasteiger partial charge is 0.243 e. The van der Waals surface area contributed by atoms with Gasteiger partial charge in [-0.1, -0.05) is 38.4 Å². The van der Waals surface area contributed by atoms with Crippen molar-refractivity contribution >= 4 is 22.6 Å². The molecule has 2 aromatic rings. The van der Waals surface area contributed by atoms with Gasteiger partial charge in [0.05, 0.1) is 5.02 Å². The molecule has 2 rings (SSSR count). The highest BCUT2D eigenvalue weighted by atomic mass is 35.5. The molecule has 0 fully saturated rings. The van der Waals surface area contributed by atoms with Gasteiger partial charge in [0.15, 0.2) is 5.52 Å². The van der Waals surface area contributed by atoms with Gasteiger partial charge in [-0.25, -0.2) is 4.63 Å². The molecule has 0 atom stereocenters. The van der Waals surface area contributed by atoms with Crippen LogP contribution in [0, 0.1) is 0 Å². The minimum absolute atomic E-state index is 0.0153. The van der Waals surface area contributed by atoms with Crippen LogP contribution in [0.4, 0.5) is 0 Å². The van der Waals surface area contributed by atoms with Gasteiger partial charge in [0.25, 0.3) is 0 Å². The molecule has 0 saturated heterocycles. The lowest BCUT2D eigenvalue weighted by atomic mass is 9.86.